The van der Waals surface area contributed by atoms with E-state index in [0.717, 1.165) is 43.2 Å². The number of guanidine groups is 1. The van der Waals surface area contributed by atoms with Crippen LogP contribution in [0, 0.1) is 6.92 Å². The van der Waals surface area contributed by atoms with Crippen LogP contribution in [0.4, 0.5) is 0 Å². The minimum atomic E-state index is 0.551. The molecule has 0 atom stereocenters. The Kier molecular flexibility index (Phi) is 8.47. The van der Waals surface area contributed by atoms with E-state index < -0.39 is 0 Å². The van der Waals surface area contributed by atoms with Gasteiger partial charge in [-0.15, -0.1) is 0 Å². The minimum absolute atomic E-state index is 0.551. The topological polar surface area (TPSA) is 71.7 Å². The molecule has 0 aliphatic carbocycles. The predicted molar refractivity (Wildman–Crippen MR) is 120 cm³/mol. The number of nitrogens with zero attached hydrogens (tertiary/aromatic N) is 2. The fourth-order valence-electron chi connectivity index (χ4n) is 2.91. The molecule has 30 heavy (non-hydrogen) atoms. The van der Waals surface area contributed by atoms with E-state index in [1.165, 1.54) is 11.1 Å². The molecule has 1 heterocycles. The molecule has 6 nitrogen and oxygen atoms in total. The lowest BCUT2D eigenvalue weighted by molar-refractivity contribution is 0.117. The van der Waals surface area contributed by atoms with Gasteiger partial charge in [0.1, 0.15) is 6.26 Å². The van der Waals surface area contributed by atoms with Crippen LogP contribution in [0.3, 0.4) is 0 Å². The van der Waals surface area contributed by atoms with Crippen molar-refractivity contribution in [3.63, 3.8) is 0 Å². The predicted octanol–water partition coefficient (Wildman–Crippen LogP) is 4.31. The second-order valence-electron chi connectivity index (χ2n) is 7.11. The summed E-state index contributed by atoms with van der Waals surface area (Å²) in [5, 5.41) is 6.59. The summed E-state index contributed by atoms with van der Waals surface area (Å²) in [7, 11) is 1.76. The molecule has 0 saturated heterocycles. The monoisotopic (exact) mass is 406 g/mol. The highest BCUT2D eigenvalue weighted by Gasteiger charge is 2.07. The number of aryl methyl sites for hydroxylation is 1. The number of ether oxygens (including phenoxy) is 1. The van der Waals surface area contributed by atoms with Gasteiger partial charge in [0.15, 0.2) is 5.96 Å². The van der Waals surface area contributed by atoms with E-state index in [-0.39, 0.29) is 0 Å². The molecule has 2 N–H and O–H groups in total. The lowest BCUT2D eigenvalue weighted by atomic mass is 10.1. The maximum atomic E-state index is 5.71. The molecule has 158 valence electrons. The number of unbranched alkanes of at least 4 members (excludes halogenated alkanes) is 1. The Hall–Kier alpha value is -3.12. The highest BCUT2D eigenvalue weighted by Crippen LogP contribution is 2.18. The van der Waals surface area contributed by atoms with E-state index in [1.807, 2.05) is 30.3 Å². The van der Waals surface area contributed by atoms with Gasteiger partial charge in [-0.1, -0.05) is 48.0 Å². The number of nitrogens with one attached hydrogen (secondary N) is 2. The van der Waals surface area contributed by atoms with Crippen LogP contribution in [-0.2, 0) is 17.9 Å². The zero-order chi connectivity index (χ0) is 21.0. The Bertz CT molecular complexity index is 904. The Morgan fingerprint density at radius 2 is 1.83 bits per heavy atom. The largest absolute Gasteiger partial charge is 0.444 e. The van der Waals surface area contributed by atoms with Crippen LogP contribution < -0.4 is 10.6 Å². The zero-order valence-electron chi connectivity index (χ0n) is 17.7. The summed E-state index contributed by atoms with van der Waals surface area (Å²) in [6.45, 7) is 4.87. The molecule has 3 aromatic rings. The van der Waals surface area contributed by atoms with Crippen LogP contribution in [0.25, 0.3) is 11.5 Å². The summed E-state index contributed by atoms with van der Waals surface area (Å²) < 4.78 is 11.3. The molecule has 0 unspecified atom stereocenters. The van der Waals surface area contributed by atoms with Crippen LogP contribution in [0.1, 0.15) is 29.7 Å². The van der Waals surface area contributed by atoms with E-state index in [9.17, 15) is 0 Å². The smallest absolute Gasteiger partial charge is 0.226 e. The van der Waals surface area contributed by atoms with Crippen molar-refractivity contribution in [3.8, 4) is 11.5 Å². The highest BCUT2D eigenvalue weighted by molar-refractivity contribution is 5.79. The number of oxazole rings is 1. The molecule has 0 bridgehead atoms. The van der Waals surface area contributed by atoms with Gasteiger partial charge in [-0.2, -0.15) is 0 Å². The lowest BCUT2D eigenvalue weighted by Gasteiger charge is -2.10. The van der Waals surface area contributed by atoms with Crippen LogP contribution in [0.5, 0.6) is 0 Å². The van der Waals surface area contributed by atoms with Crippen molar-refractivity contribution in [2.24, 2.45) is 4.99 Å². The summed E-state index contributed by atoms with van der Waals surface area (Å²) in [4.78, 5) is 8.80. The second kappa shape index (κ2) is 11.8. The van der Waals surface area contributed by atoms with E-state index in [2.05, 4.69) is 51.8 Å². The molecule has 0 fully saturated rings. The first-order valence-corrected chi connectivity index (χ1v) is 10.3. The third kappa shape index (κ3) is 7.04. The Morgan fingerprint density at radius 1 is 1.03 bits per heavy atom. The third-order valence-electron chi connectivity index (χ3n) is 4.63. The van der Waals surface area contributed by atoms with Crippen LogP contribution in [0.2, 0.25) is 0 Å². The van der Waals surface area contributed by atoms with Gasteiger partial charge in [0.05, 0.1) is 18.8 Å². The first kappa shape index (κ1) is 21.6. The van der Waals surface area contributed by atoms with Gasteiger partial charge in [0, 0.05) is 25.8 Å². The minimum Gasteiger partial charge on any atom is -0.444 e. The summed E-state index contributed by atoms with van der Waals surface area (Å²) in [5.74, 6) is 1.38. The maximum Gasteiger partial charge on any atom is 0.226 e. The molecule has 0 spiro atoms. The fourth-order valence-corrected chi connectivity index (χ4v) is 2.91. The van der Waals surface area contributed by atoms with E-state index in [1.54, 1.807) is 13.3 Å². The molecular weight excluding hydrogens is 376 g/mol. The van der Waals surface area contributed by atoms with Crippen LogP contribution >= 0.6 is 0 Å². The Balaban J connectivity index is 1.31. The van der Waals surface area contributed by atoms with E-state index in [0.29, 0.717) is 19.0 Å². The number of hydrogen-bond donors (Lipinski definition) is 2. The van der Waals surface area contributed by atoms with Crippen molar-refractivity contribution in [1.82, 2.24) is 15.6 Å². The second-order valence-corrected chi connectivity index (χ2v) is 7.11. The van der Waals surface area contributed by atoms with E-state index in [4.69, 9.17) is 9.15 Å². The molecular formula is C24H30N4O2. The molecule has 0 aliphatic rings. The van der Waals surface area contributed by atoms with Gasteiger partial charge in [0.2, 0.25) is 5.89 Å². The van der Waals surface area contributed by atoms with Gasteiger partial charge in [-0.05, 0) is 37.5 Å². The van der Waals surface area contributed by atoms with Crippen molar-refractivity contribution in [3.05, 3.63) is 77.7 Å². The molecule has 0 aliphatic heterocycles. The number of aliphatic imine (C=N–C) groups is 1. The van der Waals surface area contributed by atoms with Gasteiger partial charge in [-0.3, -0.25) is 4.99 Å². The maximum absolute atomic E-state index is 5.71. The number of hydrogen-bond acceptors (Lipinski definition) is 4. The van der Waals surface area contributed by atoms with Gasteiger partial charge >= 0.3 is 0 Å². The Morgan fingerprint density at radius 3 is 2.60 bits per heavy atom. The number of aromatic nitrogens is 1. The van der Waals surface area contributed by atoms with Gasteiger partial charge in [-0.25, -0.2) is 4.98 Å². The fraction of sp³-hybridized carbons (Fsp3) is 0.333. The number of benzene rings is 2. The molecule has 0 saturated carbocycles. The van der Waals surface area contributed by atoms with Crippen LogP contribution in [-0.4, -0.2) is 31.1 Å². The summed E-state index contributed by atoms with van der Waals surface area (Å²) in [6, 6.07) is 18.4. The lowest BCUT2D eigenvalue weighted by Crippen LogP contribution is -2.37. The first-order valence-electron chi connectivity index (χ1n) is 10.3. The first-order chi connectivity index (χ1) is 14.7. The molecule has 3 rings (SSSR count). The summed E-state index contributed by atoms with van der Waals surface area (Å²) >= 11 is 0. The third-order valence-corrected chi connectivity index (χ3v) is 4.63. The van der Waals surface area contributed by atoms with Crippen molar-refractivity contribution >= 4 is 5.96 Å². The van der Waals surface area contributed by atoms with E-state index >= 15 is 0 Å². The zero-order valence-corrected chi connectivity index (χ0v) is 17.7. The van der Waals surface area contributed by atoms with Gasteiger partial charge in [0.25, 0.3) is 0 Å². The quantitative estimate of drug-likeness (QED) is 0.298. The summed E-state index contributed by atoms with van der Waals surface area (Å²) in [5.41, 5.74) is 4.23. The van der Waals surface area contributed by atoms with Gasteiger partial charge < -0.3 is 19.8 Å². The highest BCUT2D eigenvalue weighted by atomic mass is 16.5. The number of rotatable bonds is 10. The molecule has 0 radical (unpaired) electrons. The molecule has 0 amide bonds. The van der Waals surface area contributed by atoms with Crippen molar-refractivity contribution in [1.29, 1.82) is 0 Å². The normalized spacial score (nSPS) is 11.5. The SMILES string of the molecule is CN=C(NCCCCOCc1ccccc1)NCc1coc(-c2ccc(C)cc2)n1. The molecule has 6 heteroatoms. The average Bonchev–Trinajstić information content (AvgIpc) is 3.25. The van der Waals surface area contributed by atoms with Crippen molar-refractivity contribution in [2.75, 3.05) is 20.2 Å². The van der Waals surface area contributed by atoms with Crippen molar-refractivity contribution < 1.29 is 9.15 Å². The molecule has 1 aromatic heterocycles. The Labute approximate surface area is 178 Å². The average molecular weight is 407 g/mol. The summed E-state index contributed by atoms with van der Waals surface area (Å²) in [6.07, 6.45) is 3.69. The van der Waals surface area contributed by atoms with Crippen LogP contribution in [0.15, 0.2) is 70.3 Å². The molecule has 2 aromatic carbocycles. The standard InChI is InChI=1S/C24H30N4O2/c1-19-10-12-21(13-11-19)23-28-22(18-30-23)16-27-24(25-2)26-14-6-7-15-29-17-20-8-4-3-5-9-20/h3-5,8-13,18H,6-7,14-17H2,1-2H3,(H2,25,26,27). The van der Waals surface area contributed by atoms with Crippen molar-refractivity contribution in [2.45, 2.75) is 32.9 Å².